The first-order valence-corrected chi connectivity index (χ1v) is 47.6. The van der Waals surface area contributed by atoms with Gasteiger partial charge in [0.1, 0.15) is 0 Å². The molecule has 1 aliphatic carbocycles. The predicted octanol–water partition coefficient (Wildman–Crippen LogP) is 19.8. The summed E-state index contributed by atoms with van der Waals surface area (Å²) in [6.45, 7) is 3.93. The molecule has 12 aromatic heterocycles. The van der Waals surface area contributed by atoms with E-state index in [2.05, 4.69) is 183 Å². The van der Waals surface area contributed by atoms with Gasteiger partial charge < -0.3 is 51.3 Å². The molecule has 32 heteroatoms. The van der Waals surface area contributed by atoms with E-state index in [1.165, 1.54) is 27.2 Å². The van der Waals surface area contributed by atoms with Crippen molar-refractivity contribution in [2.75, 3.05) is 91.3 Å². The normalized spacial score (nSPS) is 12.1. The summed E-state index contributed by atoms with van der Waals surface area (Å²) in [5.74, 6) is -1.10. The molecule has 13 heterocycles. The summed E-state index contributed by atoms with van der Waals surface area (Å²) in [5, 5.41) is 49.0. The number of rotatable bonds is 26. The number of amides is 7. The number of nitrogens with one attached hydrogen (secondary N) is 10. The van der Waals surface area contributed by atoms with Crippen molar-refractivity contribution in [2.45, 2.75) is 45.1 Å². The van der Waals surface area contributed by atoms with Crippen LogP contribution in [0.3, 0.4) is 0 Å². The standard InChI is InChI=1S/C29H26N6O2.C29H24N6O2.C28H25N7O2.C28H26N6O/c36-29(32-24-8-7-23(31-18-24)14-20-4-2-1-3-5-20)28-26-16-21(6-9-27(26)33-34-28)22-15-25(19-30-17-22)35-10-12-37-13-11-35;36-28(19-6-7-19)33-24-13-21(15-30-16-24)20-8-11-26-25(14-20)27(35-34-26)29(37)32-23-10-9-22(31-17-23)12-18-4-2-1-3-5-18;1-35(2)28(37)32-23-13-20(15-29-16-23)19-8-11-25-24(14-19)26(34-33-25)27(36)31-22-10-9-21(30-17-22)12-18-6-4-3-5-7-18;1-34(2)18-20-12-22(16-29-15-20)21-8-11-26-25(14-21)27(33-32-26)28(35)31-24-10-9-23(30-17-24)13-19-6-4-3-5-7-19/h1-9,15-19H,10-14H2,(H,32,36)(H,33,34);1-5,8-11,13-17,19H,6-7,12H2,(H,32,37)(H,33,36)(H,34,35);3-11,13-17H,12H2,1-2H3,(H,31,36)(H,32,37)(H,33,34);3-12,14-17H,13,18H2,1-2H3,(H,31,35)(H,32,33). The summed E-state index contributed by atoms with van der Waals surface area (Å²) in [5.41, 5.74) is 25.9. The number of anilines is 7. The lowest BCUT2D eigenvalue weighted by Gasteiger charge is -2.28. The van der Waals surface area contributed by atoms with Gasteiger partial charge in [-0.15, -0.1) is 0 Å². The summed E-state index contributed by atoms with van der Waals surface area (Å²) in [6, 6.07) is 86.6. The highest BCUT2D eigenvalue weighted by molar-refractivity contribution is 6.15. The third kappa shape index (κ3) is 24.6. The van der Waals surface area contributed by atoms with Gasteiger partial charge in [0, 0.05) is 163 Å². The summed E-state index contributed by atoms with van der Waals surface area (Å²) in [6.07, 6.45) is 25.6. The molecule has 1 saturated carbocycles. The predicted molar refractivity (Wildman–Crippen MR) is 568 cm³/mol. The van der Waals surface area contributed by atoms with Crippen molar-refractivity contribution in [3.05, 3.63) is 415 Å². The third-order valence-corrected chi connectivity index (χ3v) is 24.4. The van der Waals surface area contributed by atoms with Crippen molar-refractivity contribution in [3.63, 3.8) is 0 Å². The number of hydrogen-bond donors (Lipinski definition) is 10. The first kappa shape index (κ1) is 96.1. The average Bonchev–Trinajstić information content (AvgIpc) is 1.65. The molecule has 0 radical (unpaired) electrons. The van der Waals surface area contributed by atoms with Crippen LogP contribution in [0.5, 0.6) is 0 Å². The first-order valence-electron chi connectivity index (χ1n) is 47.6. The molecule has 10 N–H and O–H groups in total. The van der Waals surface area contributed by atoms with Crippen molar-refractivity contribution >= 4 is 119 Å². The van der Waals surface area contributed by atoms with Crippen molar-refractivity contribution < 1.29 is 33.5 Å². The Morgan fingerprint density at radius 2 is 0.637 bits per heavy atom. The lowest BCUT2D eigenvalue weighted by molar-refractivity contribution is -0.117. The minimum atomic E-state index is -0.342. The Labute approximate surface area is 839 Å². The lowest BCUT2D eigenvalue weighted by Crippen LogP contribution is -2.36. The van der Waals surface area contributed by atoms with Crippen molar-refractivity contribution in [2.24, 2.45) is 5.92 Å². The maximum absolute atomic E-state index is 13.1. The number of H-pyrrole nitrogens is 4. The number of ether oxygens (including phenoxy) is 1. The van der Waals surface area contributed by atoms with E-state index in [-0.39, 0.29) is 52.9 Å². The van der Waals surface area contributed by atoms with E-state index in [4.69, 9.17) is 4.74 Å². The number of pyridine rings is 8. The van der Waals surface area contributed by atoms with Gasteiger partial charge in [-0.3, -0.25) is 84.2 Å². The molecule has 2 fully saturated rings. The Bertz CT molecular complexity index is 7790. The van der Waals surface area contributed by atoms with E-state index < -0.39 is 0 Å². The van der Waals surface area contributed by atoms with Crippen LogP contribution in [-0.2, 0) is 41.8 Å². The maximum atomic E-state index is 13.1. The molecule has 1 aliphatic heterocycles. The number of fused-ring (bicyclic) bond motifs is 4. The van der Waals surface area contributed by atoms with Crippen LogP contribution < -0.4 is 36.8 Å². The molecular weight excluding hydrogens is 1830 g/mol. The molecule has 22 rings (SSSR count). The maximum Gasteiger partial charge on any atom is 0.321 e. The Morgan fingerprint density at radius 1 is 0.315 bits per heavy atom. The number of nitrogens with zero attached hydrogens (tertiary/aromatic N) is 15. The molecule has 20 aromatic rings. The van der Waals surface area contributed by atoms with Gasteiger partial charge in [-0.2, -0.15) is 20.4 Å². The van der Waals surface area contributed by atoms with E-state index in [1.807, 2.05) is 245 Å². The van der Waals surface area contributed by atoms with Gasteiger partial charge in [0.15, 0.2) is 22.8 Å². The highest BCUT2D eigenvalue weighted by Crippen LogP contribution is 2.36. The van der Waals surface area contributed by atoms with Crippen LogP contribution in [0, 0.1) is 5.92 Å². The molecular formula is C114H101N25O7. The van der Waals surface area contributed by atoms with Crippen molar-refractivity contribution in [1.82, 2.24) is 90.5 Å². The number of urea groups is 1. The summed E-state index contributed by atoms with van der Waals surface area (Å²) < 4.78 is 5.47. The highest BCUT2D eigenvalue weighted by Gasteiger charge is 2.30. The number of aromatic amines is 4. The lowest BCUT2D eigenvalue weighted by atomic mass is 10.0. The molecule has 0 atom stereocenters. The van der Waals surface area contributed by atoms with Gasteiger partial charge in [0.25, 0.3) is 23.6 Å². The number of morpholine rings is 1. The van der Waals surface area contributed by atoms with Gasteiger partial charge in [0.05, 0.1) is 118 Å². The Balaban J connectivity index is 0.000000123. The van der Waals surface area contributed by atoms with E-state index in [9.17, 15) is 28.8 Å². The molecule has 7 amide bonds. The van der Waals surface area contributed by atoms with Gasteiger partial charge in [-0.1, -0.05) is 146 Å². The van der Waals surface area contributed by atoms with Crippen LogP contribution in [-0.4, -0.2) is 181 Å². The van der Waals surface area contributed by atoms with Gasteiger partial charge >= 0.3 is 6.03 Å². The Morgan fingerprint density at radius 3 is 0.959 bits per heavy atom. The first-order chi connectivity index (χ1) is 71.3. The van der Waals surface area contributed by atoms with Crippen LogP contribution in [0.15, 0.2) is 341 Å². The van der Waals surface area contributed by atoms with Crippen LogP contribution in [0.4, 0.5) is 44.6 Å². The van der Waals surface area contributed by atoms with E-state index in [0.29, 0.717) is 56.3 Å². The molecule has 32 nitrogen and oxygen atoms in total. The molecule has 0 bridgehead atoms. The van der Waals surface area contributed by atoms with Gasteiger partial charge in [-0.05, 0) is 198 Å². The van der Waals surface area contributed by atoms with Crippen LogP contribution in [0.1, 0.15) is 105 Å². The quantitative estimate of drug-likeness (QED) is 0.0241. The number of hydrogen-bond acceptors (Lipinski definition) is 21. The van der Waals surface area contributed by atoms with E-state index >= 15 is 0 Å². The number of carbonyl (C=O) groups excluding carboxylic acids is 6. The second-order valence-corrected chi connectivity index (χ2v) is 35.8. The molecule has 0 unspecified atom stereocenters. The number of carbonyl (C=O) groups is 6. The molecule has 1 saturated heterocycles. The van der Waals surface area contributed by atoms with Crippen LogP contribution in [0.2, 0.25) is 0 Å². The topological polar surface area (TPSA) is 411 Å². The molecule has 724 valence electrons. The minimum Gasteiger partial charge on any atom is -0.378 e. The zero-order chi connectivity index (χ0) is 100. The van der Waals surface area contributed by atoms with Crippen molar-refractivity contribution in [3.8, 4) is 44.5 Å². The highest BCUT2D eigenvalue weighted by atomic mass is 16.5. The van der Waals surface area contributed by atoms with E-state index in [1.54, 1.807) is 63.7 Å². The second kappa shape index (κ2) is 45.2. The van der Waals surface area contributed by atoms with Gasteiger partial charge in [0.2, 0.25) is 5.91 Å². The molecule has 8 aromatic carbocycles. The average molecular weight is 1930 g/mol. The fourth-order valence-corrected chi connectivity index (χ4v) is 16.7. The number of aromatic nitrogens is 16. The van der Waals surface area contributed by atoms with Crippen molar-refractivity contribution in [1.29, 1.82) is 0 Å². The SMILES string of the molecule is CN(C)C(=O)Nc1cncc(-c2ccc3[nH]nc(C(=O)Nc4ccc(Cc5ccccc5)nc4)c3c2)c1.CN(C)Cc1cncc(-c2ccc3[nH]nc(C(=O)Nc4ccc(Cc5ccccc5)nc4)c3c2)c1.O=C(Nc1ccc(Cc2ccccc2)nc1)c1n[nH]c2ccc(-c3cncc(N4CCOCC4)c3)cc12.O=C(Nc1ccc(Cc2ccccc2)nc1)c1n[nH]c2ccc(-c3cncc(NC(=O)C4CC4)c3)cc12. The summed E-state index contributed by atoms with van der Waals surface area (Å²) in [7, 11) is 7.39. The third-order valence-electron chi connectivity index (χ3n) is 24.4. The monoisotopic (exact) mass is 1930 g/mol. The summed E-state index contributed by atoms with van der Waals surface area (Å²) >= 11 is 0. The van der Waals surface area contributed by atoms with Crippen LogP contribution in [0.25, 0.3) is 88.1 Å². The Hall–Kier alpha value is -18.8. The van der Waals surface area contributed by atoms with Gasteiger partial charge in [-0.25, -0.2) is 4.79 Å². The Kier molecular flexibility index (Phi) is 29.7. The molecule has 146 heavy (non-hydrogen) atoms. The largest absolute Gasteiger partial charge is 0.378 e. The second-order valence-electron chi connectivity index (χ2n) is 35.8. The fourth-order valence-electron chi connectivity index (χ4n) is 16.7. The molecule has 0 spiro atoms. The van der Waals surface area contributed by atoms with E-state index in [0.717, 1.165) is 183 Å². The zero-order valence-electron chi connectivity index (χ0n) is 80.3. The fraction of sp³-hybridized carbons (Fsp3) is 0.140. The molecule has 2 aliphatic rings. The zero-order valence-corrected chi connectivity index (χ0v) is 80.3. The number of benzene rings is 8. The smallest absolute Gasteiger partial charge is 0.321 e. The van der Waals surface area contributed by atoms with Crippen LogP contribution >= 0.6 is 0 Å². The summed E-state index contributed by atoms with van der Waals surface area (Å²) in [4.78, 5) is 118. The minimum absolute atomic E-state index is 0.0331.